The summed E-state index contributed by atoms with van der Waals surface area (Å²) in [6, 6.07) is 3.96. The van der Waals surface area contributed by atoms with Crippen LogP contribution in [-0.4, -0.2) is 30.6 Å². The number of ether oxygens (including phenoxy) is 1. The van der Waals surface area contributed by atoms with Crippen molar-refractivity contribution in [2.24, 2.45) is 10.9 Å². The minimum absolute atomic E-state index is 0.626. The van der Waals surface area contributed by atoms with E-state index in [4.69, 9.17) is 4.74 Å². The zero-order valence-electron chi connectivity index (χ0n) is 13.1. The van der Waals surface area contributed by atoms with Gasteiger partial charge in [0.1, 0.15) is 0 Å². The SMILES string of the molecule is CCCNC(=NCc1ccnc(OCC2CC2)c1)NCC. The minimum atomic E-state index is 0.626. The normalized spacial score (nSPS) is 14.9. The molecular weight excluding hydrogens is 264 g/mol. The molecule has 0 aromatic carbocycles. The molecule has 0 bridgehead atoms. The van der Waals surface area contributed by atoms with E-state index in [9.17, 15) is 0 Å². The first kappa shape index (κ1) is 15.6. The lowest BCUT2D eigenvalue weighted by atomic mass is 10.3. The third kappa shape index (κ3) is 6.02. The first-order valence-electron chi connectivity index (χ1n) is 7.91. The largest absolute Gasteiger partial charge is 0.477 e. The maximum atomic E-state index is 5.70. The molecule has 1 fully saturated rings. The van der Waals surface area contributed by atoms with Crippen LogP contribution in [0, 0.1) is 5.92 Å². The van der Waals surface area contributed by atoms with Gasteiger partial charge in [-0.3, -0.25) is 0 Å². The average Bonchev–Trinajstić information content (AvgIpc) is 3.33. The molecule has 1 aliphatic rings. The smallest absolute Gasteiger partial charge is 0.213 e. The molecule has 0 unspecified atom stereocenters. The van der Waals surface area contributed by atoms with Crippen molar-refractivity contribution in [2.45, 2.75) is 39.7 Å². The Morgan fingerprint density at radius 2 is 2.24 bits per heavy atom. The molecule has 5 nitrogen and oxygen atoms in total. The Morgan fingerprint density at radius 3 is 2.95 bits per heavy atom. The molecule has 5 heteroatoms. The van der Waals surface area contributed by atoms with Gasteiger partial charge in [0.25, 0.3) is 0 Å². The number of pyridine rings is 1. The molecule has 1 aromatic rings. The average molecular weight is 290 g/mol. The first-order chi connectivity index (χ1) is 10.3. The fraction of sp³-hybridized carbons (Fsp3) is 0.625. The van der Waals surface area contributed by atoms with E-state index in [-0.39, 0.29) is 0 Å². The molecule has 0 spiro atoms. The molecule has 1 aromatic heterocycles. The van der Waals surface area contributed by atoms with E-state index in [0.717, 1.165) is 43.6 Å². The third-order valence-corrected chi connectivity index (χ3v) is 3.27. The molecule has 0 amide bonds. The summed E-state index contributed by atoms with van der Waals surface area (Å²) in [5, 5.41) is 6.54. The van der Waals surface area contributed by atoms with Crippen LogP contribution in [0.5, 0.6) is 5.88 Å². The van der Waals surface area contributed by atoms with Crippen LogP contribution < -0.4 is 15.4 Å². The van der Waals surface area contributed by atoms with Gasteiger partial charge in [-0.2, -0.15) is 0 Å². The number of guanidine groups is 1. The van der Waals surface area contributed by atoms with Gasteiger partial charge in [-0.25, -0.2) is 9.98 Å². The standard InChI is InChI=1S/C16H26N4O/c1-3-8-19-16(17-4-2)20-11-14-7-9-18-15(10-14)21-12-13-5-6-13/h7,9-10,13H,3-6,8,11-12H2,1-2H3,(H2,17,19,20). The predicted octanol–water partition coefficient (Wildman–Crippen LogP) is 2.34. The van der Waals surface area contributed by atoms with Crippen LogP contribution in [0.1, 0.15) is 38.7 Å². The summed E-state index contributed by atoms with van der Waals surface area (Å²) < 4.78 is 5.70. The Morgan fingerprint density at radius 1 is 1.38 bits per heavy atom. The zero-order chi connectivity index (χ0) is 14.9. The molecule has 0 radical (unpaired) electrons. The lowest BCUT2D eigenvalue weighted by Gasteiger charge is -2.10. The lowest BCUT2D eigenvalue weighted by molar-refractivity contribution is 0.288. The molecule has 2 N–H and O–H groups in total. The van der Waals surface area contributed by atoms with Gasteiger partial charge in [0.15, 0.2) is 5.96 Å². The Labute approximate surface area is 127 Å². The molecule has 1 aliphatic carbocycles. The van der Waals surface area contributed by atoms with Crippen LogP contribution >= 0.6 is 0 Å². The van der Waals surface area contributed by atoms with Crippen LogP contribution in [0.15, 0.2) is 23.3 Å². The van der Waals surface area contributed by atoms with Crippen molar-refractivity contribution in [1.82, 2.24) is 15.6 Å². The molecule has 2 rings (SSSR count). The van der Waals surface area contributed by atoms with Crippen LogP contribution in [0.3, 0.4) is 0 Å². The van der Waals surface area contributed by atoms with E-state index in [0.29, 0.717) is 12.4 Å². The fourth-order valence-corrected chi connectivity index (χ4v) is 1.87. The topological polar surface area (TPSA) is 58.5 Å². The molecule has 0 saturated heterocycles. The highest BCUT2D eigenvalue weighted by molar-refractivity contribution is 5.79. The van der Waals surface area contributed by atoms with Gasteiger partial charge in [-0.05, 0) is 43.7 Å². The second-order valence-electron chi connectivity index (χ2n) is 5.38. The van der Waals surface area contributed by atoms with Crippen molar-refractivity contribution in [2.75, 3.05) is 19.7 Å². The lowest BCUT2D eigenvalue weighted by Crippen LogP contribution is -2.37. The third-order valence-electron chi connectivity index (χ3n) is 3.27. The van der Waals surface area contributed by atoms with Gasteiger partial charge in [-0.15, -0.1) is 0 Å². The highest BCUT2D eigenvalue weighted by atomic mass is 16.5. The van der Waals surface area contributed by atoms with E-state index in [1.807, 2.05) is 12.1 Å². The van der Waals surface area contributed by atoms with Crippen molar-refractivity contribution in [1.29, 1.82) is 0 Å². The minimum Gasteiger partial charge on any atom is -0.477 e. The van der Waals surface area contributed by atoms with Crippen molar-refractivity contribution >= 4 is 5.96 Å². The number of rotatable bonds is 8. The number of aliphatic imine (C=N–C) groups is 1. The summed E-state index contributed by atoms with van der Waals surface area (Å²) in [6.07, 6.45) is 5.45. The molecule has 116 valence electrons. The summed E-state index contributed by atoms with van der Waals surface area (Å²) in [5.41, 5.74) is 1.12. The van der Waals surface area contributed by atoms with Gasteiger partial charge in [-0.1, -0.05) is 6.92 Å². The van der Waals surface area contributed by atoms with Crippen LogP contribution in [0.25, 0.3) is 0 Å². The number of hydrogen-bond acceptors (Lipinski definition) is 3. The monoisotopic (exact) mass is 290 g/mol. The summed E-state index contributed by atoms with van der Waals surface area (Å²) in [5.74, 6) is 2.31. The predicted molar refractivity (Wildman–Crippen MR) is 85.6 cm³/mol. The maximum absolute atomic E-state index is 5.70. The summed E-state index contributed by atoms with van der Waals surface area (Å²) in [4.78, 5) is 8.83. The number of nitrogens with zero attached hydrogens (tertiary/aromatic N) is 2. The molecule has 1 heterocycles. The highest BCUT2D eigenvalue weighted by Gasteiger charge is 2.22. The van der Waals surface area contributed by atoms with E-state index in [1.54, 1.807) is 6.20 Å². The summed E-state index contributed by atoms with van der Waals surface area (Å²) >= 11 is 0. The first-order valence-corrected chi connectivity index (χ1v) is 7.91. The zero-order valence-corrected chi connectivity index (χ0v) is 13.1. The Bertz CT molecular complexity index is 457. The van der Waals surface area contributed by atoms with E-state index in [2.05, 4.69) is 34.5 Å². The van der Waals surface area contributed by atoms with Gasteiger partial charge in [0.05, 0.1) is 13.2 Å². The van der Waals surface area contributed by atoms with Crippen LogP contribution in [0.2, 0.25) is 0 Å². The van der Waals surface area contributed by atoms with Crippen molar-refractivity contribution in [3.63, 3.8) is 0 Å². The maximum Gasteiger partial charge on any atom is 0.213 e. The second kappa shape index (κ2) is 8.49. The number of hydrogen-bond donors (Lipinski definition) is 2. The highest BCUT2D eigenvalue weighted by Crippen LogP contribution is 2.29. The fourth-order valence-electron chi connectivity index (χ4n) is 1.87. The molecular formula is C16H26N4O. The quantitative estimate of drug-likeness (QED) is 0.570. The molecule has 0 atom stereocenters. The number of nitrogens with one attached hydrogen (secondary N) is 2. The van der Waals surface area contributed by atoms with E-state index < -0.39 is 0 Å². The van der Waals surface area contributed by atoms with Gasteiger partial charge >= 0.3 is 0 Å². The van der Waals surface area contributed by atoms with E-state index >= 15 is 0 Å². The number of aromatic nitrogens is 1. The van der Waals surface area contributed by atoms with Crippen LogP contribution in [-0.2, 0) is 6.54 Å². The molecule has 0 aliphatic heterocycles. The van der Waals surface area contributed by atoms with E-state index in [1.165, 1.54) is 12.8 Å². The Hall–Kier alpha value is -1.78. The Balaban J connectivity index is 1.88. The van der Waals surface area contributed by atoms with Crippen molar-refractivity contribution in [3.05, 3.63) is 23.9 Å². The second-order valence-corrected chi connectivity index (χ2v) is 5.38. The van der Waals surface area contributed by atoms with Gasteiger partial charge in [0, 0.05) is 25.4 Å². The van der Waals surface area contributed by atoms with Crippen molar-refractivity contribution in [3.8, 4) is 5.88 Å². The summed E-state index contributed by atoms with van der Waals surface area (Å²) in [7, 11) is 0. The Kier molecular flexibility index (Phi) is 6.31. The molecule has 21 heavy (non-hydrogen) atoms. The van der Waals surface area contributed by atoms with Gasteiger partial charge in [0.2, 0.25) is 5.88 Å². The summed E-state index contributed by atoms with van der Waals surface area (Å²) in [6.45, 7) is 7.42. The molecule has 1 saturated carbocycles. The van der Waals surface area contributed by atoms with Crippen LogP contribution in [0.4, 0.5) is 0 Å². The van der Waals surface area contributed by atoms with Gasteiger partial charge < -0.3 is 15.4 Å². The van der Waals surface area contributed by atoms with Crippen molar-refractivity contribution < 1.29 is 4.74 Å².